The molecule has 0 radical (unpaired) electrons. The summed E-state index contributed by atoms with van der Waals surface area (Å²) < 4.78 is 5.00. The second-order valence-electron chi connectivity index (χ2n) is 4.07. The first-order valence-corrected chi connectivity index (χ1v) is 5.69. The second kappa shape index (κ2) is 8.35. The number of methoxy groups -OCH3 is 1. The number of hydrogen-bond donors (Lipinski definition) is 2. The molecule has 0 aromatic heterocycles. The van der Waals surface area contributed by atoms with Crippen LogP contribution in [0.2, 0.25) is 0 Å². The molecule has 0 bridgehead atoms. The van der Waals surface area contributed by atoms with E-state index in [0.717, 1.165) is 6.42 Å². The molecule has 0 aliphatic carbocycles. The topological polar surface area (TPSA) is 61.8 Å². The van der Waals surface area contributed by atoms with Gasteiger partial charge < -0.3 is 20.1 Å². The third-order valence-corrected chi connectivity index (χ3v) is 2.42. The van der Waals surface area contributed by atoms with Gasteiger partial charge in [0.1, 0.15) is 0 Å². The van der Waals surface area contributed by atoms with Crippen molar-refractivity contribution in [2.75, 3.05) is 27.3 Å². The number of carbonyl (C=O) groups is 1. The average Bonchev–Trinajstić information content (AvgIpc) is 2.24. The van der Waals surface area contributed by atoms with E-state index in [4.69, 9.17) is 9.84 Å². The predicted octanol–water partition coefficient (Wildman–Crippen LogP) is 0.824. The van der Waals surface area contributed by atoms with Crippen LogP contribution in [0.3, 0.4) is 0 Å². The lowest BCUT2D eigenvalue weighted by atomic mass is 10.2. The van der Waals surface area contributed by atoms with Crippen molar-refractivity contribution in [3.05, 3.63) is 0 Å². The van der Waals surface area contributed by atoms with Gasteiger partial charge in [-0.3, -0.25) is 0 Å². The van der Waals surface area contributed by atoms with E-state index in [1.54, 1.807) is 26.0 Å². The Hall–Kier alpha value is -0.810. The quantitative estimate of drug-likeness (QED) is 0.683. The first-order chi connectivity index (χ1) is 7.51. The first kappa shape index (κ1) is 15.2. The molecule has 0 aliphatic heterocycles. The summed E-state index contributed by atoms with van der Waals surface area (Å²) in [5.41, 5.74) is 0. The lowest BCUT2D eigenvalue weighted by Gasteiger charge is -2.22. The van der Waals surface area contributed by atoms with Gasteiger partial charge in [-0.25, -0.2) is 4.79 Å². The molecular weight excluding hydrogens is 208 g/mol. The van der Waals surface area contributed by atoms with E-state index < -0.39 is 0 Å². The smallest absolute Gasteiger partial charge is 0.317 e. The van der Waals surface area contributed by atoms with Gasteiger partial charge in [0.15, 0.2) is 0 Å². The monoisotopic (exact) mass is 232 g/mol. The minimum absolute atomic E-state index is 0.0477. The van der Waals surface area contributed by atoms with Crippen molar-refractivity contribution >= 4 is 6.03 Å². The molecule has 0 rings (SSSR count). The highest BCUT2D eigenvalue weighted by molar-refractivity contribution is 5.74. The molecule has 0 aromatic carbocycles. The van der Waals surface area contributed by atoms with Crippen LogP contribution in [-0.4, -0.2) is 55.5 Å². The van der Waals surface area contributed by atoms with Crippen LogP contribution in [0.25, 0.3) is 0 Å². The fourth-order valence-electron chi connectivity index (χ4n) is 1.23. The molecule has 2 atom stereocenters. The summed E-state index contributed by atoms with van der Waals surface area (Å²) >= 11 is 0. The summed E-state index contributed by atoms with van der Waals surface area (Å²) in [7, 11) is 3.34. The van der Waals surface area contributed by atoms with E-state index in [2.05, 4.69) is 5.32 Å². The number of hydrogen-bond acceptors (Lipinski definition) is 3. The maximum Gasteiger partial charge on any atom is 0.317 e. The fourth-order valence-corrected chi connectivity index (χ4v) is 1.23. The van der Waals surface area contributed by atoms with E-state index in [9.17, 15) is 4.79 Å². The Bertz CT molecular complexity index is 198. The summed E-state index contributed by atoms with van der Waals surface area (Å²) in [5.74, 6) is 0. The Kier molecular flexibility index (Phi) is 7.93. The Morgan fingerprint density at radius 3 is 2.62 bits per heavy atom. The van der Waals surface area contributed by atoms with Gasteiger partial charge >= 0.3 is 6.03 Å². The van der Waals surface area contributed by atoms with Crippen molar-refractivity contribution in [1.29, 1.82) is 0 Å². The highest BCUT2D eigenvalue weighted by atomic mass is 16.5. The third kappa shape index (κ3) is 6.63. The van der Waals surface area contributed by atoms with Gasteiger partial charge in [-0.2, -0.15) is 0 Å². The average molecular weight is 232 g/mol. The number of amides is 2. The molecule has 0 aliphatic rings. The molecule has 2 amide bonds. The molecule has 0 fully saturated rings. The standard InChI is InChI=1S/C11H24N2O3/c1-5-10(8-16-4)12-11(15)13(3)7-6-9(2)14/h9-10,14H,5-8H2,1-4H3,(H,12,15). The van der Waals surface area contributed by atoms with Crippen LogP contribution >= 0.6 is 0 Å². The summed E-state index contributed by atoms with van der Waals surface area (Å²) in [6, 6.07) is -0.0731. The zero-order chi connectivity index (χ0) is 12.6. The molecule has 0 saturated heterocycles. The summed E-state index contributed by atoms with van der Waals surface area (Å²) in [4.78, 5) is 13.3. The normalized spacial score (nSPS) is 14.3. The van der Waals surface area contributed by atoms with Gasteiger partial charge in [0, 0.05) is 20.7 Å². The van der Waals surface area contributed by atoms with Crippen LogP contribution in [0.1, 0.15) is 26.7 Å². The zero-order valence-corrected chi connectivity index (χ0v) is 10.7. The van der Waals surface area contributed by atoms with Crippen molar-refractivity contribution in [2.24, 2.45) is 0 Å². The number of aliphatic hydroxyl groups excluding tert-OH is 1. The van der Waals surface area contributed by atoms with E-state index in [1.165, 1.54) is 0 Å². The maximum absolute atomic E-state index is 11.7. The number of aliphatic hydroxyl groups is 1. The molecule has 0 spiro atoms. The largest absolute Gasteiger partial charge is 0.393 e. The van der Waals surface area contributed by atoms with Crippen molar-refractivity contribution in [2.45, 2.75) is 38.8 Å². The lowest BCUT2D eigenvalue weighted by molar-refractivity contribution is 0.147. The van der Waals surface area contributed by atoms with Gasteiger partial charge in [-0.1, -0.05) is 6.92 Å². The molecule has 2 unspecified atom stereocenters. The molecule has 0 aromatic rings. The molecule has 5 heteroatoms. The van der Waals surface area contributed by atoms with Crippen LogP contribution in [0.4, 0.5) is 4.79 Å². The Labute approximate surface area is 97.8 Å². The molecule has 16 heavy (non-hydrogen) atoms. The fraction of sp³-hybridized carbons (Fsp3) is 0.909. The van der Waals surface area contributed by atoms with Gasteiger partial charge in [-0.05, 0) is 19.8 Å². The molecule has 5 nitrogen and oxygen atoms in total. The Morgan fingerprint density at radius 2 is 2.19 bits per heavy atom. The minimum Gasteiger partial charge on any atom is -0.393 e. The number of rotatable bonds is 7. The van der Waals surface area contributed by atoms with Crippen LogP contribution < -0.4 is 5.32 Å². The van der Waals surface area contributed by atoms with Gasteiger partial charge in [0.2, 0.25) is 0 Å². The molecule has 0 saturated carbocycles. The van der Waals surface area contributed by atoms with E-state index in [1.807, 2.05) is 6.92 Å². The van der Waals surface area contributed by atoms with Crippen molar-refractivity contribution < 1.29 is 14.6 Å². The highest BCUT2D eigenvalue weighted by Crippen LogP contribution is 1.97. The molecule has 2 N–H and O–H groups in total. The molecule has 0 heterocycles. The van der Waals surface area contributed by atoms with Crippen molar-refractivity contribution in [3.8, 4) is 0 Å². The van der Waals surface area contributed by atoms with Crippen molar-refractivity contribution in [1.82, 2.24) is 10.2 Å². The summed E-state index contributed by atoms with van der Waals surface area (Å²) in [5, 5.41) is 12.0. The van der Waals surface area contributed by atoms with E-state index >= 15 is 0 Å². The second-order valence-corrected chi connectivity index (χ2v) is 4.07. The van der Waals surface area contributed by atoms with E-state index in [-0.39, 0.29) is 18.2 Å². The van der Waals surface area contributed by atoms with Crippen molar-refractivity contribution in [3.63, 3.8) is 0 Å². The Balaban J connectivity index is 3.92. The summed E-state index contributed by atoms with van der Waals surface area (Å²) in [6.07, 6.45) is 1.05. The van der Waals surface area contributed by atoms with Crippen LogP contribution in [-0.2, 0) is 4.74 Å². The number of nitrogens with zero attached hydrogens (tertiary/aromatic N) is 1. The van der Waals surface area contributed by atoms with Gasteiger partial charge in [0.05, 0.1) is 18.8 Å². The lowest BCUT2D eigenvalue weighted by Crippen LogP contribution is -2.45. The first-order valence-electron chi connectivity index (χ1n) is 5.69. The van der Waals surface area contributed by atoms with Gasteiger partial charge in [0.25, 0.3) is 0 Å². The highest BCUT2D eigenvalue weighted by Gasteiger charge is 2.13. The number of ether oxygens (including phenoxy) is 1. The third-order valence-electron chi connectivity index (χ3n) is 2.42. The van der Waals surface area contributed by atoms with Gasteiger partial charge in [-0.15, -0.1) is 0 Å². The number of urea groups is 1. The SMILES string of the molecule is CCC(COC)NC(=O)N(C)CCC(C)O. The van der Waals surface area contributed by atoms with E-state index in [0.29, 0.717) is 19.6 Å². The van der Waals surface area contributed by atoms with Crippen LogP contribution in [0, 0.1) is 0 Å². The summed E-state index contributed by atoms with van der Waals surface area (Å²) in [6.45, 7) is 4.78. The minimum atomic E-state index is -0.379. The number of carbonyl (C=O) groups excluding carboxylic acids is 1. The Morgan fingerprint density at radius 1 is 1.56 bits per heavy atom. The maximum atomic E-state index is 11.7. The number of nitrogens with one attached hydrogen (secondary N) is 1. The predicted molar refractivity (Wildman–Crippen MR) is 63.4 cm³/mol. The van der Waals surface area contributed by atoms with Crippen LogP contribution in [0.5, 0.6) is 0 Å². The molecule has 96 valence electrons. The zero-order valence-electron chi connectivity index (χ0n) is 10.7. The molecular formula is C11H24N2O3. The van der Waals surface area contributed by atoms with Crippen LogP contribution in [0.15, 0.2) is 0 Å².